The fourth-order valence-electron chi connectivity index (χ4n) is 3.66. The molecule has 1 N–H and O–H groups in total. The monoisotopic (exact) mass is 357 g/mol. The van der Waals surface area contributed by atoms with Crippen LogP contribution in [-0.2, 0) is 14.3 Å². The summed E-state index contributed by atoms with van der Waals surface area (Å²) in [5.41, 5.74) is 1.14. The molecule has 1 aromatic carbocycles. The molecule has 128 valence electrons. The Hall–Kier alpha value is -0.620. The first kappa shape index (κ1) is 17.2. The van der Waals surface area contributed by atoms with E-state index in [4.69, 9.17) is 15.8 Å². The maximum absolute atomic E-state index is 11.9. The third-order valence-electron chi connectivity index (χ3n) is 4.82. The van der Waals surface area contributed by atoms with Gasteiger partial charge in [0.25, 0.3) is 10.1 Å². The highest BCUT2D eigenvalue weighted by atomic mass is 35.5. The zero-order valence-corrected chi connectivity index (χ0v) is 14.9. The molecule has 1 aliphatic heterocycles. The molecule has 1 saturated carbocycles. The topological polar surface area (TPSA) is 55.4 Å². The molecule has 3 atom stereocenters. The van der Waals surface area contributed by atoms with Gasteiger partial charge in [0.2, 0.25) is 0 Å². The van der Waals surface area contributed by atoms with Crippen LogP contribution in [0, 0.1) is 11.8 Å². The van der Waals surface area contributed by atoms with E-state index < -0.39 is 10.1 Å². The second-order valence-corrected chi connectivity index (χ2v) is 8.82. The van der Waals surface area contributed by atoms with E-state index >= 15 is 0 Å². The minimum atomic E-state index is -3.49. The molecule has 23 heavy (non-hydrogen) atoms. The van der Waals surface area contributed by atoms with E-state index in [-0.39, 0.29) is 17.9 Å². The van der Waals surface area contributed by atoms with E-state index in [2.05, 4.69) is 5.32 Å². The van der Waals surface area contributed by atoms with Gasteiger partial charge in [-0.25, -0.2) is 0 Å². The average molecular weight is 358 g/mol. The molecule has 0 aromatic heterocycles. The number of hydrogen-bond acceptors (Lipinski definition) is 4. The predicted molar refractivity (Wildman–Crippen MR) is 92.2 cm³/mol. The van der Waals surface area contributed by atoms with Gasteiger partial charge in [-0.15, -0.1) is 0 Å². The predicted octanol–water partition coefficient (Wildman–Crippen LogP) is 3.18. The van der Waals surface area contributed by atoms with Crippen LogP contribution in [0.2, 0.25) is 5.02 Å². The summed E-state index contributed by atoms with van der Waals surface area (Å²) in [4.78, 5) is 0. The van der Waals surface area contributed by atoms with Crippen molar-refractivity contribution in [3.8, 4) is 0 Å². The molecule has 0 radical (unpaired) electrons. The van der Waals surface area contributed by atoms with E-state index in [9.17, 15) is 8.42 Å². The Bertz CT molecular complexity index is 622. The Morgan fingerprint density at radius 3 is 2.39 bits per heavy atom. The fourth-order valence-corrected chi connectivity index (χ4v) is 4.47. The minimum Gasteiger partial charge on any atom is -0.316 e. The van der Waals surface area contributed by atoms with Crippen molar-refractivity contribution in [3.05, 3.63) is 34.9 Å². The summed E-state index contributed by atoms with van der Waals surface area (Å²) in [7, 11) is -3.49. The Labute approximate surface area is 143 Å². The van der Waals surface area contributed by atoms with Crippen LogP contribution in [0.25, 0.3) is 0 Å². The number of hydrogen-bond donors (Lipinski definition) is 1. The maximum Gasteiger partial charge on any atom is 0.264 e. The molecule has 1 aromatic rings. The molecule has 2 fully saturated rings. The van der Waals surface area contributed by atoms with Gasteiger partial charge in [0.05, 0.1) is 12.4 Å². The lowest BCUT2D eigenvalue weighted by molar-refractivity contribution is 0.0892. The van der Waals surface area contributed by atoms with Crippen LogP contribution in [0.15, 0.2) is 24.3 Å². The molecule has 1 heterocycles. The van der Waals surface area contributed by atoms with Crippen molar-refractivity contribution in [3.63, 3.8) is 0 Å². The largest absolute Gasteiger partial charge is 0.316 e. The smallest absolute Gasteiger partial charge is 0.264 e. The van der Waals surface area contributed by atoms with Crippen molar-refractivity contribution in [1.82, 2.24) is 5.32 Å². The first-order chi connectivity index (χ1) is 10.9. The summed E-state index contributed by atoms with van der Waals surface area (Å²) in [5.74, 6) is 0.844. The third-order valence-corrected chi connectivity index (χ3v) is 5.65. The molecule has 2 aliphatic rings. The van der Waals surface area contributed by atoms with Gasteiger partial charge >= 0.3 is 0 Å². The van der Waals surface area contributed by atoms with Crippen LogP contribution in [0.4, 0.5) is 0 Å². The zero-order valence-electron chi connectivity index (χ0n) is 13.4. The van der Waals surface area contributed by atoms with Crippen LogP contribution in [0.1, 0.15) is 37.2 Å². The number of rotatable bonds is 6. The lowest BCUT2D eigenvalue weighted by Crippen LogP contribution is -2.42. The lowest BCUT2D eigenvalue weighted by Gasteiger charge is -2.35. The molecule has 6 heteroatoms. The van der Waals surface area contributed by atoms with E-state index in [0.29, 0.717) is 10.9 Å². The highest BCUT2D eigenvalue weighted by molar-refractivity contribution is 7.86. The van der Waals surface area contributed by atoms with Crippen molar-refractivity contribution in [2.45, 2.75) is 37.7 Å². The number of halogens is 1. The fraction of sp³-hybridized carbons (Fsp3) is 0.647. The highest BCUT2D eigenvalue weighted by Crippen LogP contribution is 2.48. The van der Waals surface area contributed by atoms with Crippen molar-refractivity contribution in [2.24, 2.45) is 11.8 Å². The molecular formula is C17H24ClNO3S. The summed E-state index contributed by atoms with van der Waals surface area (Å²) in [6.45, 7) is 1.81. The Kier molecular flexibility index (Phi) is 5.31. The number of benzene rings is 1. The molecule has 1 aliphatic carbocycles. The average Bonchev–Trinajstić information content (AvgIpc) is 3.33. The number of piperidine rings is 1. The first-order valence-corrected chi connectivity index (χ1v) is 10.5. The molecule has 0 amide bonds. The van der Waals surface area contributed by atoms with Gasteiger partial charge in [-0.2, -0.15) is 8.42 Å². The molecule has 3 unspecified atom stereocenters. The van der Waals surface area contributed by atoms with Gasteiger partial charge in [-0.1, -0.05) is 23.7 Å². The van der Waals surface area contributed by atoms with Crippen LogP contribution in [0.3, 0.4) is 0 Å². The van der Waals surface area contributed by atoms with Gasteiger partial charge in [-0.05, 0) is 61.8 Å². The molecule has 1 saturated heterocycles. The van der Waals surface area contributed by atoms with Gasteiger partial charge in [0.1, 0.15) is 0 Å². The molecular weight excluding hydrogens is 334 g/mol. The van der Waals surface area contributed by atoms with E-state index in [0.717, 1.165) is 50.6 Å². The summed E-state index contributed by atoms with van der Waals surface area (Å²) in [5, 5.41) is 4.08. The van der Waals surface area contributed by atoms with Crippen molar-refractivity contribution < 1.29 is 12.6 Å². The van der Waals surface area contributed by atoms with E-state index in [1.165, 1.54) is 0 Å². The van der Waals surface area contributed by atoms with Gasteiger partial charge < -0.3 is 5.32 Å². The quantitative estimate of drug-likeness (QED) is 0.794. The Morgan fingerprint density at radius 2 is 1.87 bits per heavy atom. The maximum atomic E-state index is 11.9. The van der Waals surface area contributed by atoms with Crippen molar-refractivity contribution in [2.75, 3.05) is 19.3 Å². The lowest BCUT2D eigenvalue weighted by atomic mass is 9.80. The summed E-state index contributed by atoms with van der Waals surface area (Å²) in [6.07, 6.45) is 5.19. The Morgan fingerprint density at radius 1 is 1.17 bits per heavy atom. The zero-order chi connectivity index (χ0) is 16.4. The SMILES string of the molecule is CS(=O)(=O)OC(C1CCCNC1)C(c1ccc(Cl)cc1)C1CC1. The summed E-state index contributed by atoms with van der Waals surface area (Å²) < 4.78 is 29.3. The van der Waals surface area contributed by atoms with Crippen LogP contribution in [-0.4, -0.2) is 33.9 Å². The summed E-state index contributed by atoms with van der Waals surface area (Å²) >= 11 is 6.01. The van der Waals surface area contributed by atoms with Crippen molar-refractivity contribution >= 4 is 21.7 Å². The second kappa shape index (κ2) is 7.09. The molecule has 3 rings (SSSR count). The second-order valence-electron chi connectivity index (χ2n) is 6.79. The summed E-state index contributed by atoms with van der Waals surface area (Å²) in [6, 6.07) is 7.78. The van der Waals surface area contributed by atoms with Crippen LogP contribution >= 0.6 is 11.6 Å². The molecule has 0 spiro atoms. The normalized spacial score (nSPS) is 25.0. The van der Waals surface area contributed by atoms with E-state index in [1.807, 2.05) is 24.3 Å². The van der Waals surface area contributed by atoms with Gasteiger partial charge in [0.15, 0.2) is 0 Å². The minimum absolute atomic E-state index is 0.117. The molecule has 4 nitrogen and oxygen atoms in total. The highest BCUT2D eigenvalue weighted by Gasteiger charge is 2.43. The van der Waals surface area contributed by atoms with Crippen molar-refractivity contribution in [1.29, 1.82) is 0 Å². The molecule has 0 bridgehead atoms. The van der Waals surface area contributed by atoms with Gasteiger partial charge in [0, 0.05) is 17.5 Å². The Balaban J connectivity index is 1.91. The van der Waals surface area contributed by atoms with Crippen LogP contribution in [0.5, 0.6) is 0 Å². The van der Waals surface area contributed by atoms with E-state index in [1.54, 1.807) is 0 Å². The first-order valence-electron chi connectivity index (χ1n) is 8.28. The van der Waals surface area contributed by atoms with Crippen LogP contribution < -0.4 is 5.32 Å². The standard InChI is InChI=1S/C17H24ClNO3S/c1-23(20,21)22-17(14-3-2-10-19-11-14)16(12-4-5-12)13-6-8-15(18)9-7-13/h6-9,12,14,16-17,19H,2-5,10-11H2,1H3. The number of nitrogens with one attached hydrogen (secondary N) is 1. The third kappa shape index (κ3) is 4.69. The van der Waals surface area contributed by atoms with Gasteiger partial charge in [-0.3, -0.25) is 4.18 Å².